The van der Waals surface area contributed by atoms with Gasteiger partial charge < -0.3 is 19.5 Å². The molecule has 0 bridgehead atoms. The normalized spacial score (nSPS) is 13.6. The second kappa shape index (κ2) is 13.4. The van der Waals surface area contributed by atoms with E-state index >= 15 is 0 Å². The van der Waals surface area contributed by atoms with E-state index in [0.717, 1.165) is 41.4 Å². The first kappa shape index (κ1) is 27.6. The molecule has 4 aromatic rings. The molecule has 9 heteroatoms. The van der Waals surface area contributed by atoms with E-state index in [4.69, 9.17) is 14.2 Å². The van der Waals surface area contributed by atoms with Gasteiger partial charge in [-0.2, -0.15) is 0 Å². The van der Waals surface area contributed by atoms with Gasteiger partial charge in [0.15, 0.2) is 16.7 Å². The van der Waals surface area contributed by atoms with Gasteiger partial charge in [-0.25, -0.2) is 0 Å². The van der Waals surface area contributed by atoms with Crippen molar-refractivity contribution in [2.75, 3.05) is 20.0 Å². The van der Waals surface area contributed by atoms with Crippen LogP contribution in [0.1, 0.15) is 43.5 Å². The monoisotopic (exact) mass is 558 g/mol. The summed E-state index contributed by atoms with van der Waals surface area (Å²) in [5.74, 6) is 3.88. The van der Waals surface area contributed by atoms with Gasteiger partial charge in [-0.05, 0) is 66.9 Å². The third-order valence-corrected chi connectivity index (χ3v) is 7.82. The molecular weight excluding hydrogens is 524 g/mol. The fourth-order valence-electron chi connectivity index (χ4n) is 4.88. The molecule has 40 heavy (non-hydrogen) atoms. The van der Waals surface area contributed by atoms with Crippen LogP contribution in [0.2, 0.25) is 0 Å². The Morgan fingerprint density at radius 2 is 1.62 bits per heavy atom. The minimum Gasteiger partial charge on any atom is -0.493 e. The Kier molecular flexibility index (Phi) is 9.23. The van der Waals surface area contributed by atoms with Crippen LogP contribution in [0.25, 0.3) is 5.69 Å². The zero-order valence-corrected chi connectivity index (χ0v) is 23.7. The third kappa shape index (κ3) is 6.96. The van der Waals surface area contributed by atoms with Crippen molar-refractivity contribution in [2.24, 2.45) is 0 Å². The molecule has 1 saturated carbocycles. The van der Waals surface area contributed by atoms with E-state index in [-0.39, 0.29) is 17.7 Å². The van der Waals surface area contributed by atoms with Crippen LogP contribution >= 0.6 is 11.8 Å². The molecule has 0 spiro atoms. The van der Waals surface area contributed by atoms with Crippen LogP contribution in [0.4, 0.5) is 0 Å². The zero-order chi connectivity index (χ0) is 27.7. The van der Waals surface area contributed by atoms with Crippen molar-refractivity contribution in [3.05, 3.63) is 84.2 Å². The molecular formula is C31H34N4O4S. The molecule has 1 amide bonds. The van der Waals surface area contributed by atoms with Gasteiger partial charge in [-0.3, -0.25) is 9.36 Å². The van der Waals surface area contributed by atoms with Crippen molar-refractivity contribution in [3.8, 4) is 28.7 Å². The number of hydrogen-bond acceptors (Lipinski definition) is 7. The highest BCUT2D eigenvalue weighted by Gasteiger charge is 2.20. The van der Waals surface area contributed by atoms with Crippen LogP contribution in [0.5, 0.6) is 23.0 Å². The number of nitrogens with one attached hydrogen (secondary N) is 1. The van der Waals surface area contributed by atoms with Crippen molar-refractivity contribution in [1.82, 2.24) is 20.1 Å². The van der Waals surface area contributed by atoms with Gasteiger partial charge in [0.25, 0.3) is 0 Å². The Labute approximate surface area is 239 Å². The highest BCUT2D eigenvalue weighted by atomic mass is 32.2. The number of nitrogens with zero attached hydrogens (tertiary/aromatic N) is 3. The highest BCUT2D eigenvalue weighted by molar-refractivity contribution is 7.99. The lowest BCUT2D eigenvalue weighted by molar-refractivity contribution is -0.119. The number of rotatable bonds is 11. The smallest absolute Gasteiger partial charge is 0.230 e. The van der Waals surface area contributed by atoms with Crippen LogP contribution < -0.4 is 19.5 Å². The average Bonchev–Trinajstić information content (AvgIpc) is 3.39. The Morgan fingerprint density at radius 3 is 2.35 bits per heavy atom. The topological polar surface area (TPSA) is 87.5 Å². The maximum atomic E-state index is 12.7. The standard InChI is InChI=1S/C31H34N4O4S/c1-37-27-18-13-22(19-28(27)38-2)20-29-33-34-31(40-21-30(36)32-23-9-5-3-6-10-23)35(29)24-14-16-26(17-15-24)39-25-11-7-4-8-12-25/h4,7-8,11-19,23H,3,5-6,9-10,20-21H2,1-2H3,(H,32,36). The number of benzene rings is 3. The molecule has 0 radical (unpaired) electrons. The van der Waals surface area contributed by atoms with E-state index in [1.54, 1.807) is 14.2 Å². The lowest BCUT2D eigenvalue weighted by Crippen LogP contribution is -2.37. The zero-order valence-electron chi connectivity index (χ0n) is 22.8. The van der Waals surface area contributed by atoms with Crippen molar-refractivity contribution in [1.29, 1.82) is 0 Å². The Bertz CT molecular complexity index is 1400. The number of amides is 1. The van der Waals surface area contributed by atoms with Gasteiger partial charge in [0, 0.05) is 18.2 Å². The van der Waals surface area contributed by atoms with E-state index in [1.165, 1.54) is 31.0 Å². The summed E-state index contributed by atoms with van der Waals surface area (Å²) in [5, 5.41) is 12.9. The van der Waals surface area contributed by atoms with Gasteiger partial charge in [-0.15, -0.1) is 10.2 Å². The number of ether oxygens (including phenoxy) is 3. The summed E-state index contributed by atoms with van der Waals surface area (Å²) in [6, 6.07) is 23.6. The summed E-state index contributed by atoms with van der Waals surface area (Å²) in [6.45, 7) is 0. The molecule has 208 valence electrons. The van der Waals surface area contributed by atoms with Crippen LogP contribution in [-0.2, 0) is 11.2 Å². The van der Waals surface area contributed by atoms with Crippen molar-refractivity contribution in [2.45, 2.75) is 49.7 Å². The SMILES string of the molecule is COc1ccc(Cc2nnc(SCC(=O)NC3CCCCC3)n2-c2ccc(Oc3ccccc3)cc2)cc1OC. The minimum atomic E-state index is 0.0273. The van der Waals surface area contributed by atoms with Crippen molar-refractivity contribution >= 4 is 17.7 Å². The summed E-state index contributed by atoms with van der Waals surface area (Å²) in [6.07, 6.45) is 6.23. The number of para-hydroxylation sites is 1. The van der Waals surface area contributed by atoms with Crippen molar-refractivity contribution < 1.29 is 19.0 Å². The predicted octanol–water partition coefficient (Wildman–Crippen LogP) is 6.21. The largest absolute Gasteiger partial charge is 0.493 e. The summed E-state index contributed by atoms with van der Waals surface area (Å²) in [4.78, 5) is 12.7. The number of carbonyl (C=O) groups is 1. The molecule has 8 nitrogen and oxygen atoms in total. The molecule has 1 aliphatic carbocycles. The molecule has 0 saturated heterocycles. The van der Waals surface area contributed by atoms with E-state index in [9.17, 15) is 4.79 Å². The van der Waals surface area contributed by atoms with Crippen LogP contribution in [0, 0.1) is 0 Å². The van der Waals surface area contributed by atoms with Gasteiger partial charge >= 0.3 is 0 Å². The molecule has 1 aliphatic rings. The first-order valence-electron chi connectivity index (χ1n) is 13.5. The lowest BCUT2D eigenvalue weighted by atomic mass is 9.95. The average molecular weight is 559 g/mol. The summed E-state index contributed by atoms with van der Waals surface area (Å²) in [7, 11) is 3.24. The summed E-state index contributed by atoms with van der Waals surface area (Å²) < 4.78 is 18.9. The van der Waals surface area contributed by atoms with E-state index in [0.29, 0.717) is 23.1 Å². The molecule has 1 N–H and O–H groups in total. The maximum absolute atomic E-state index is 12.7. The number of carbonyl (C=O) groups excluding carboxylic acids is 1. The van der Waals surface area contributed by atoms with E-state index in [1.807, 2.05) is 77.4 Å². The fraction of sp³-hybridized carbons (Fsp3) is 0.323. The Balaban J connectivity index is 1.38. The van der Waals surface area contributed by atoms with Gasteiger partial charge in [-0.1, -0.05) is 55.3 Å². The number of hydrogen-bond donors (Lipinski definition) is 1. The number of aromatic nitrogens is 3. The molecule has 5 rings (SSSR count). The number of thioether (sulfide) groups is 1. The number of methoxy groups -OCH3 is 2. The molecule has 1 heterocycles. The second-order valence-corrected chi connectivity index (χ2v) is 10.6. The van der Waals surface area contributed by atoms with Gasteiger partial charge in [0.2, 0.25) is 5.91 Å². The molecule has 0 atom stereocenters. The minimum absolute atomic E-state index is 0.0273. The summed E-state index contributed by atoms with van der Waals surface area (Å²) in [5.41, 5.74) is 1.89. The Morgan fingerprint density at radius 1 is 0.900 bits per heavy atom. The molecule has 0 unspecified atom stereocenters. The van der Waals surface area contributed by atoms with Crippen LogP contribution in [0.3, 0.4) is 0 Å². The lowest BCUT2D eigenvalue weighted by Gasteiger charge is -2.22. The molecule has 0 aliphatic heterocycles. The van der Waals surface area contributed by atoms with Crippen LogP contribution in [0.15, 0.2) is 78.0 Å². The maximum Gasteiger partial charge on any atom is 0.230 e. The molecule has 3 aromatic carbocycles. The summed E-state index contributed by atoms with van der Waals surface area (Å²) >= 11 is 1.39. The first-order valence-corrected chi connectivity index (χ1v) is 14.5. The highest BCUT2D eigenvalue weighted by Crippen LogP contribution is 2.30. The van der Waals surface area contributed by atoms with Gasteiger partial charge in [0.05, 0.1) is 20.0 Å². The van der Waals surface area contributed by atoms with Gasteiger partial charge in [0.1, 0.15) is 17.3 Å². The third-order valence-electron chi connectivity index (χ3n) is 6.89. The molecule has 1 fully saturated rings. The molecule has 1 aromatic heterocycles. The van der Waals surface area contributed by atoms with Crippen molar-refractivity contribution in [3.63, 3.8) is 0 Å². The fourth-order valence-corrected chi connectivity index (χ4v) is 5.66. The Hall–Kier alpha value is -3.98. The predicted molar refractivity (Wildman–Crippen MR) is 156 cm³/mol. The first-order chi connectivity index (χ1) is 19.6. The quantitative estimate of drug-likeness (QED) is 0.219. The van der Waals surface area contributed by atoms with Crippen LogP contribution in [-0.4, -0.2) is 46.7 Å². The van der Waals surface area contributed by atoms with E-state index < -0.39 is 0 Å². The second-order valence-electron chi connectivity index (χ2n) is 9.70. The van der Waals surface area contributed by atoms with E-state index in [2.05, 4.69) is 15.5 Å².